The quantitative estimate of drug-likeness (QED) is 0.695. The van der Waals surface area contributed by atoms with Gasteiger partial charge in [-0.15, -0.1) is 0 Å². The average molecular weight is 177 g/mol. The summed E-state index contributed by atoms with van der Waals surface area (Å²) in [5.74, 6) is 0.699. The van der Waals surface area contributed by atoms with Crippen LogP contribution in [0.4, 0.5) is 8.78 Å². The van der Waals surface area contributed by atoms with E-state index in [0.29, 0.717) is 12.3 Å². The SMILES string of the molecule is FC(F)CCCC1CCNCC1. The molecule has 1 fully saturated rings. The van der Waals surface area contributed by atoms with Crippen LogP contribution in [0.15, 0.2) is 0 Å². The molecule has 1 saturated heterocycles. The molecule has 0 atom stereocenters. The molecule has 12 heavy (non-hydrogen) atoms. The van der Waals surface area contributed by atoms with Crippen molar-refractivity contribution in [3.8, 4) is 0 Å². The number of alkyl halides is 2. The first-order valence-electron chi connectivity index (χ1n) is 4.78. The fourth-order valence-electron chi connectivity index (χ4n) is 1.73. The van der Waals surface area contributed by atoms with E-state index < -0.39 is 6.43 Å². The Kier molecular flexibility index (Phi) is 4.51. The van der Waals surface area contributed by atoms with Gasteiger partial charge in [-0.25, -0.2) is 8.78 Å². The van der Waals surface area contributed by atoms with E-state index in [1.807, 2.05) is 0 Å². The normalized spacial score (nSPS) is 20.2. The smallest absolute Gasteiger partial charge is 0.238 e. The summed E-state index contributed by atoms with van der Waals surface area (Å²) < 4.78 is 23.6. The third-order valence-electron chi connectivity index (χ3n) is 2.49. The molecular weight excluding hydrogens is 160 g/mol. The largest absolute Gasteiger partial charge is 0.317 e. The molecule has 0 bridgehead atoms. The van der Waals surface area contributed by atoms with E-state index in [0.717, 1.165) is 19.5 Å². The summed E-state index contributed by atoms with van der Waals surface area (Å²) in [5.41, 5.74) is 0. The van der Waals surface area contributed by atoms with Gasteiger partial charge in [0.1, 0.15) is 0 Å². The third kappa shape index (κ3) is 4.00. The van der Waals surface area contributed by atoms with Crippen LogP contribution in [0, 0.1) is 5.92 Å². The van der Waals surface area contributed by atoms with E-state index in [1.54, 1.807) is 0 Å². The summed E-state index contributed by atoms with van der Waals surface area (Å²) >= 11 is 0. The highest BCUT2D eigenvalue weighted by Crippen LogP contribution is 2.19. The Balaban J connectivity index is 1.98. The summed E-state index contributed by atoms with van der Waals surface area (Å²) in [6.45, 7) is 2.14. The van der Waals surface area contributed by atoms with E-state index in [2.05, 4.69) is 5.32 Å². The standard InChI is InChI=1S/C9H17F2N/c10-9(11)3-1-2-8-4-6-12-7-5-8/h8-9,12H,1-7H2. The van der Waals surface area contributed by atoms with E-state index in [-0.39, 0.29) is 6.42 Å². The van der Waals surface area contributed by atoms with Crippen LogP contribution in [-0.4, -0.2) is 19.5 Å². The molecule has 0 aliphatic carbocycles. The lowest BCUT2D eigenvalue weighted by molar-refractivity contribution is 0.130. The molecule has 1 heterocycles. The van der Waals surface area contributed by atoms with Gasteiger partial charge >= 0.3 is 0 Å². The maximum atomic E-state index is 11.8. The van der Waals surface area contributed by atoms with E-state index >= 15 is 0 Å². The van der Waals surface area contributed by atoms with E-state index in [4.69, 9.17) is 0 Å². The molecule has 0 radical (unpaired) electrons. The molecule has 0 aromatic carbocycles. The van der Waals surface area contributed by atoms with Crippen LogP contribution in [0.5, 0.6) is 0 Å². The molecule has 0 unspecified atom stereocenters. The van der Waals surface area contributed by atoms with Gasteiger partial charge in [-0.3, -0.25) is 0 Å². The molecule has 1 aliphatic heterocycles. The van der Waals surface area contributed by atoms with Crippen LogP contribution in [0.3, 0.4) is 0 Å². The molecule has 0 aromatic rings. The zero-order valence-electron chi connectivity index (χ0n) is 7.36. The second kappa shape index (κ2) is 5.46. The lowest BCUT2D eigenvalue weighted by Crippen LogP contribution is -2.27. The molecule has 1 N–H and O–H groups in total. The van der Waals surface area contributed by atoms with Crippen LogP contribution < -0.4 is 5.32 Å². The Morgan fingerprint density at radius 2 is 1.92 bits per heavy atom. The Labute approximate surface area is 72.5 Å². The Hall–Kier alpha value is -0.180. The van der Waals surface area contributed by atoms with Crippen molar-refractivity contribution in [1.29, 1.82) is 0 Å². The van der Waals surface area contributed by atoms with Crippen LogP contribution in [-0.2, 0) is 0 Å². The number of piperidine rings is 1. The average Bonchev–Trinajstić information content (AvgIpc) is 2.05. The van der Waals surface area contributed by atoms with Crippen LogP contribution in [0.25, 0.3) is 0 Å². The topological polar surface area (TPSA) is 12.0 Å². The Bertz CT molecular complexity index is 111. The number of nitrogens with one attached hydrogen (secondary N) is 1. The second-order valence-electron chi connectivity index (χ2n) is 3.52. The fraction of sp³-hybridized carbons (Fsp3) is 1.00. The first-order valence-corrected chi connectivity index (χ1v) is 4.78. The van der Waals surface area contributed by atoms with Gasteiger partial charge in [0.15, 0.2) is 0 Å². The van der Waals surface area contributed by atoms with Crippen molar-refractivity contribution in [2.75, 3.05) is 13.1 Å². The molecule has 0 saturated carbocycles. The maximum Gasteiger partial charge on any atom is 0.238 e. The number of rotatable bonds is 4. The number of hydrogen-bond acceptors (Lipinski definition) is 1. The molecule has 1 rings (SSSR count). The highest BCUT2D eigenvalue weighted by molar-refractivity contribution is 4.68. The molecule has 3 heteroatoms. The first kappa shape index (κ1) is 9.90. The lowest BCUT2D eigenvalue weighted by atomic mass is 9.93. The van der Waals surface area contributed by atoms with Crippen molar-refractivity contribution >= 4 is 0 Å². The lowest BCUT2D eigenvalue weighted by Gasteiger charge is -2.22. The Morgan fingerprint density at radius 1 is 1.25 bits per heavy atom. The second-order valence-corrected chi connectivity index (χ2v) is 3.52. The summed E-state index contributed by atoms with van der Waals surface area (Å²) in [4.78, 5) is 0. The fourth-order valence-corrected chi connectivity index (χ4v) is 1.73. The molecule has 0 aromatic heterocycles. The molecule has 72 valence electrons. The molecule has 0 spiro atoms. The summed E-state index contributed by atoms with van der Waals surface area (Å²) in [5, 5.41) is 3.27. The molecule has 0 amide bonds. The summed E-state index contributed by atoms with van der Waals surface area (Å²) in [7, 11) is 0. The monoisotopic (exact) mass is 177 g/mol. The molecule has 1 aliphatic rings. The van der Waals surface area contributed by atoms with Crippen molar-refractivity contribution in [1.82, 2.24) is 5.32 Å². The van der Waals surface area contributed by atoms with Crippen molar-refractivity contribution in [2.45, 2.75) is 38.5 Å². The van der Waals surface area contributed by atoms with Crippen LogP contribution in [0.2, 0.25) is 0 Å². The first-order chi connectivity index (χ1) is 5.79. The van der Waals surface area contributed by atoms with Gasteiger partial charge in [0, 0.05) is 6.42 Å². The van der Waals surface area contributed by atoms with Gasteiger partial charge in [0.2, 0.25) is 6.43 Å². The minimum Gasteiger partial charge on any atom is -0.317 e. The van der Waals surface area contributed by atoms with Gasteiger partial charge in [-0.2, -0.15) is 0 Å². The highest BCUT2D eigenvalue weighted by Gasteiger charge is 2.13. The predicted octanol–water partition coefficient (Wildman–Crippen LogP) is 2.42. The molecule has 1 nitrogen and oxygen atoms in total. The van der Waals surface area contributed by atoms with Gasteiger partial charge in [-0.05, 0) is 38.3 Å². The van der Waals surface area contributed by atoms with Crippen LogP contribution >= 0.6 is 0 Å². The number of hydrogen-bond donors (Lipinski definition) is 1. The van der Waals surface area contributed by atoms with Crippen molar-refractivity contribution in [3.05, 3.63) is 0 Å². The third-order valence-corrected chi connectivity index (χ3v) is 2.49. The van der Waals surface area contributed by atoms with Gasteiger partial charge in [-0.1, -0.05) is 6.42 Å². The van der Waals surface area contributed by atoms with Gasteiger partial charge in [0.05, 0.1) is 0 Å². The van der Waals surface area contributed by atoms with Crippen molar-refractivity contribution < 1.29 is 8.78 Å². The van der Waals surface area contributed by atoms with E-state index in [9.17, 15) is 8.78 Å². The zero-order chi connectivity index (χ0) is 8.81. The minimum atomic E-state index is -2.10. The van der Waals surface area contributed by atoms with Crippen molar-refractivity contribution in [2.24, 2.45) is 5.92 Å². The van der Waals surface area contributed by atoms with Gasteiger partial charge < -0.3 is 5.32 Å². The number of halogens is 2. The van der Waals surface area contributed by atoms with Gasteiger partial charge in [0.25, 0.3) is 0 Å². The zero-order valence-corrected chi connectivity index (χ0v) is 7.36. The predicted molar refractivity (Wildman–Crippen MR) is 45.4 cm³/mol. The minimum absolute atomic E-state index is 0.0872. The molecular formula is C9H17F2N. The summed E-state index contributed by atoms with van der Waals surface area (Å²) in [6, 6.07) is 0. The Morgan fingerprint density at radius 3 is 2.50 bits per heavy atom. The van der Waals surface area contributed by atoms with E-state index in [1.165, 1.54) is 12.8 Å². The van der Waals surface area contributed by atoms with Crippen molar-refractivity contribution in [3.63, 3.8) is 0 Å². The maximum absolute atomic E-state index is 11.8. The highest BCUT2D eigenvalue weighted by atomic mass is 19.3. The van der Waals surface area contributed by atoms with Crippen LogP contribution in [0.1, 0.15) is 32.1 Å². The summed E-state index contributed by atoms with van der Waals surface area (Å²) in [6.07, 6.45) is 2.01.